The van der Waals surface area contributed by atoms with Crippen molar-refractivity contribution in [3.63, 3.8) is 0 Å². The third-order valence-corrected chi connectivity index (χ3v) is 7.04. The summed E-state index contributed by atoms with van der Waals surface area (Å²) in [5.41, 5.74) is 6.44. The molecule has 3 aromatic heterocycles. The number of carbonyl (C=O) groups is 1. The van der Waals surface area contributed by atoms with Gasteiger partial charge in [0.15, 0.2) is 0 Å². The molecule has 12 heteroatoms. The molecule has 196 valence electrons. The van der Waals surface area contributed by atoms with Crippen LogP contribution in [0.3, 0.4) is 0 Å². The van der Waals surface area contributed by atoms with E-state index in [-0.39, 0.29) is 22.9 Å². The Balaban J connectivity index is 1.56. The Morgan fingerprint density at radius 2 is 2.03 bits per heavy atom. The molecular formula is C26H23Cl2N5O5. The molecule has 0 aliphatic carbocycles. The second-order valence-electron chi connectivity index (χ2n) is 8.75. The Bertz CT molecular complexity index is 1590. The van der Waals surface area contributed by atoms with Crippen molar-refractivity contribution in [2.24, 2.45) is 0 Å². The molecule has 1 fully saturated rings. The third-order valence-electron chi connectivity index (χ3n) is 6.45. The molecule has 0 unspecified atom stereocenters. The normalized spacial score (nSPS) is 15.1. The molecule has 0 saturated carbocycles. The van der Waals surface area contributed by atoms with Gasteiger partial charge in [0.25, 0.3) is 0 Å². The van der Waals surface area contributed by atoms with Crippen LogP contribution in [0.15, 0.2) is 53.6 Å². The summed E-state index contributed by atoms with van der Waals surface area (Å²) in [6.45, 7) is 1.00. The zero-order valence-corrected chi connectivity index (χ0v) is 21.7. The maximum atomic E-state index is 13.0. The van der Waals surface area contributed by atoms with Crippen molar-refractivity contribution in [2.75, 3.05) is 30.9 Å². The summed E-state index contributed by atoms with van der Waals surface area (Å²) in [6, 6.07) is 9.86. The van der Waals surface area contributed by atoms with Crippen molar-refractivity contribution in [1.82, 2.24) is 14.5 Å². The number of ether oxygens (including phenoxy) is 2. The largest absolute Gasteiger partial charge is 0.481 e. The van der Waals surface area contributed by atoms with Gasteiger partial charge in [-0.25, -0.2) is 9.78 Å². The highest BCUT2D eigenvalue weighted by atomic mass is 35.5. The first-order valence-electron chi connectivity index (χ1n) is 11.7. The van der Waals surface area contributed by atoms with Crippen molar-refractivity contribution in [1.29, 1.82) is 0 Å². The Labute approximate surface area is 227 Å². The van der Waals surface area contributed by atoms with Gasteiger partial charge in [-0.15, -0.1) is 0 Å². The number of anilines is 2. The molecule has 5 rings (SSSR count). The van der Waals surface area contributed by atoms with Crippen molar-refractivity contribution in [2.45, 2.75) is 18.9 Å². The van der Waals surface area contributed by atoms with Crippen molar-refractivity contribution < 1.29 is 19.4 Å². The van der Waals surface area contributed by atoms with E-state index >= 15 is 0 Å². The van der Waals surface area contributed by atoms with Crippen LogP contribution in [0.25, 0.3) is 16.6 Å². The molecule has 1 saturated heterocycles. The average molecular weight is 556 g/mol. The number of pyridine rings is 3. The van der Waals surface area contributed by atoms with Gasteiger partial charge in [0, 0.05) is 24.2 Å². The van der Waals surface area contributed by atoms with Gasteiger partial charge >= 0.3 is 5.97 Å². The molecule has 1 aromatic carbocycles. The molecule has 1 aliphatic heterocycles. The highest BCUT2D eigenvalue weighted by Gasteiger charge is 2.29. The standard InChI is InChI=1S/C26H23Cl2N5O5/c1-37-23-7-5-18(27)25(31-23)38-13-15-3-2-8-32(15)21-10-20-16(9-19(21)28)24(34)17(26(35)36)12-33(20)14-4-6-22(29)30-11-14/h4-7,9-12,15H,2-3,8,13H2,1H3,(H2,29,30)(H,35,36)/t15-/m1/s1. The number of fused-ring (bicyclic) bond motifs is 1. The molecule has 0 spiro atoms. The van der Waals surface area contributed by atoms with Crippen LogP contribution in [0.5, 0.6) is 11.8 Å². The summed E-state index contributed by atoms with van der Waals surface area (Å²) in [4.78, 5) is 35.4. The monoisotopic (exact) mass is 555 g/mol. The van der Waals surface area contributed by atoms with Gasteiger partial charge in [0.05, 0.1) is 41.3 Å². The molecule has 0 radical (unpaired) electrons. The van der Waals surface area contributed by atoms with Gasteiger partial charge in [-0.2, -0.15) is 4.98 Å². The molecule has 0 amide bonds. The summed E-state index contributed by atoms with van der Waals surface area (Å²) in [7, 11) is 1.51. The van der Waals surface area contributed by atoms with Crippen LogP contribution >= 0.6 is 23.2 Å². The fourth-order valence-electron chi connectivity index (χ4n) is 4.58. The van der Waals surface area contributed by atoms with E-state index in [0.29, 0.717) is 51.8 Å². The molecule has 3 N–H and O–H groups in total. The SMILES string of the molecule is COc1ccc(Cl)c(OC[C@H]2CCCN2c2cc3c(cc2Cl)c(=O)c(C(=O)O)cn3-c2ccc(N)nc2)n1. The fraction of sp³-hybridized carbons (Fsp3) is 0.231. The van der Waals surface area contributed by atoms with E-state index in [4.69, 9.17) is 38.4 Å². The van der Waals surface area contributed by atoms with E-state index in [2.05, 4.69) is 14.9 Å². The van der Waals surface area contributed by atoms with Crippen LogP contribution in [-0.2, 0) is 0 Å². The highest BCUT2D eigenvalue weighted by molar-refractivity contribution is 6.34. The van der Waals surface area contributed by atoms with Crippen LogP contribution in [-0.4, -0.2) is 51.9 Å². The maximum absolute atomic E-state index is 13.0. The quantitative estimate of drug-likeness (QED) is 0.339. The van der Waals surface area contributed by atoms with E-state index in [1.165, 1.54) is 25.6 Å². The number of nitrogens with two attached hydrogens (primary N) is 1. The zero-order chi connectivity index (χ0) is 27.0. The number of rotatable bonds is 7. The van der Waals surface area contributed by atoms with Crippen LogP contribution in [0.2, 0.25) is 10.0 Å². The maximum Gasteiger partial charge on any atom is 0.341 e. The number of methoxy groups -OCH3 is 1. The van der Waals surface area contributed by atoms with Gasteiger partial charge in [0.1, 0.15) is 23.0 Å². The van der Waals surface area contributed by atoms with Gasteiger partial charge in [0.2, 0.25) is 17.2 Å². The Kier molecular flexibility index (Phi) is 7.00. The zero-order valence-electron chi connectivity index (χ0n) is 20.2. The minimum atomic E-state index is -1.34. The van der Waals surface area contributed by atoms with Crippen LogP contribution in [0, 0.1) is 0 Å². The minimum absolute atomic E-state index is 0.0503. The first-order valence-corrected chi connectivity index (χ1v) is 12.5. The molecule has 10 nitrogen and oxygen atoms in total. The molecule has 1 atom stereocenters. The molecular weight excluding hydrogens is 533 g/mol. The smallest absolute Gasteiger partial charge is 0.341 e. The summed E-state index contributed by atoms with van der Waals surface area (Å²) in [5, 5.41) is 10.5. The third kappa shape index (κ3) is 4.80. The summed E-state index contributed by atoms with van der Waals surface area (Å²) >= 11 is 12.9. The lowest BCUT2D eigenvalue weighted by Crippen LogP contribution is -2.34. The number of hydrogen-bond acceptors (Lipinski definition) is 8. The number of halogens is 2. The number of nitrogen functional groups attached to an aromatic ring is 1. The summed E-state index contributed by atoms with van der Waals surface area (Å²) < 4.78 is 12.7. The first-order chi connectivity index (χ1) is 18.3. The number of benzene rings is 1. The number of nitrogens with zero attached hydrogens (tertiary/aromatic N) is 4. The van der Waals surface area contributed by atoms with E-state index in [1.54, 1.807) is 34.9 Å². The van der Waals surface area contributed by atoms with E-state index in [1.807, 2.05) is 0 Å². The average Bonchev–Trinajstić information content (AvgIpc) is 3.37. The Morgan fingerprint density at radius 1 is 1.21 bits per heavy atom. The van der Waals surface area contributed by atoms with Crippen LogP contribution < -0.4 is 25.5 Å². The van der Waals surface area contributed by atoms with Crippen LogP contribution in [0.4, 0.5) is 11.5 Å². The van der Waals surface area contributed by atoms with Crippen molar-refractivity contribution >= 4 is 51.6 Å². The second kappa shape index (κ2) is 10.4. The molecule has 4 aromatic rings. The van der Waals surface area contributed by atoms with Gasteiger partial charge in [-0.3, -0.25) is 4.79 Å². The number of carboxylic acids is 1. The summed E-state index contributed by atoms with van der Waals surface area (Å²) in [5.74, 6) is -0.364. The number of hydrogen-bond donors (Lipinski definition) is 2. The lowest BCUT2D eigenvalue weighted by atomic mass is 10.1. The predicted molar refractivity (Wildman–Crippen MR) is 145 cm³/mol. The Morgan fingerprint density at radius 3 is 2.74 bits per heavy atom. The lowest BCUT2D eigenvalue weighted by Gasteiger charge is -2.28. The fourth-order valence-corrected chi connectivity index (χ4v) is 5.02. The number of aromatic nitrogens is 3. The molecule has 38 heavy (non-hydrogen) atoms. The van der Waals surface area contributed by atoms with Gasteiger partial charge < -0.3 is 29.8 Å². The van der Waals surface area contributed by atoms with Crippen LogP contribution in [0.1, 0.15) is 23.2 Å². The molecule has 1 aliphatic rings. The number of aromatic carboxylic acids is 1. The molecule has 4 heterocycles. The van der Waals surface area contributed by atoms with Crippen molar-refractivity contribution in [3.05, 3.63) is 74.6 Å². The van der Waals surface area contributed by atoms with E-state index in [0.717, 1.165) is 12.8 Å². The topological polar surface area (TPSA) is 133 Å². The van der Waals surface area contributed by atoms with Gasteiger partial charge in [-0.1, -0.05) is 23.2 Å². The van der Waals surface area contributed by atoms with E-state index in [9.17, 15) is 14.7 Å². The lowest BCUT2D eigenvalue weighted by molar-refractivity contribution is 0.0695. The minimum Gasteiger partial charge on any atom is -0.481 e. The first kappa shape index (κ1) is 25.6. The Hall–Kier alpha value is -4.02. The van der Waals surface area contributed by atoms with E-state index < -0.39 is 11.4 Å². The predicted octanol–water partition coefficient (Wildman–Crippen LogP) is 4.42. The van der Waals surface area contributed by atoms with Gasteiger partial charge in [-0.05, 0) is 43.2 Å². The second-order valence-corrected chi connectivity index (χ2v) is 9.56. The van der Waals surface area contributed by atoms with Crippen molar-refractivity contribution in [3.8, 4) is 17.4 Å². The number of carboxylic acid groups (broad SMARTS) is 1. The summed E-state index contributed by atoms with van der Waals surface area (Å²) in [6.07, 6.45) is 4.53. The molecule has 0 bridgehead atoms. The highest BCUT2D eigenvalue weighted by Crippen LogP contribution is 2.36.